The van der Waals surface area contributed by atoms with Gasteiger partial charge in [0.25, 0.3) is 0 Å². The summed E-state index contributed by atoms with van der Waals surface area (Å²) in [6, 6.07) is 8.94. The lowest BCUT2D eigenvalue weighted by molar-refractivity contribution is 0.0697. The zero-order valence-electron chi connectivity index (χ0n) is 11.3. The molecule has 0 aliphatic carbocycles. The largest absolute Gasteiger partial charge is 0.478 e. The second-order valence-corrected chi connectivity index (χ2v) is 5.10. The van der Waals surface area contributed by atoms with Gasteiger partial charge in [-0.2, -0.15) is 0 Å². The maximum Gasteiger partial charge on any atom is 0.337 e. The molecule has 0 fully saturated rings. The molecule has 0 atom stereocenters. The van der Waals surface area contributed by atoms with Gasteiger partial charge in [0.15, 0.2) is 0 Å². The van der Waals surface area contributed by atoms with Gasteiger partial charge in [0.05, 0.1) is 16.3 Å². The van der Waals surface area contributed by atoms with Crippen molar-refractivity contribution in [3.8, 4) is 0 Å². The van der Waals surface area contributed by atoms with E-state index in [1.165, 1.54) is 24.3 Å². The molecule has 4 nitrogen and oxygen atoms in total. The van der Waals surface area contributed by atoms with E-state index in [0.717, 1.165) is 0 Å². The Morgan fingerprint density at radius 1 is 1.38 bits per heavy atom. The Labute approximate surface area is 126 Å². The molecule has 2 rings (SSSR count). The molecule has 0 aromatic heterocycles. The molecule has 0 heterocycles. The molecule has 2 aromatic carbocycles. The van der Waals surface area contributed by atoms with Crippen molar-refractivity contribution in [3.63, 3.8) is 0 Å². The molecule has 0 unspecified atom stereocenters. The topological polar surface area (TPSA) is 66.6 Å². The van der Waals surface area contributed by atoms with Gasteiger partial charge in [0.2, 0.25) is 0 Å². The number of nitrogens with zero attached hydrogens (tertiary/aromatic N) is 1. The van der Waals surface area contributed by atoms with Crippen molar-refractivity contribution in [3.05, 3.63) is 58.4 Å². The second-order valence-electron chi connectivity index (χ2n) is 4.69. The van der Waals surface area contributed by atoms with E-state index in [1.54, 1.807) is 24.1 Å². The van der Waals surface area contributed by atoms with Gasteiger partial charge in [0.1, 0.15) is 5.82 Å². The van der Waals surface area contributed by atoms with Gasteiger partial charge in [-0.05, 0) is 29.8 Å². The summed E-state index contributed by atoms with van der Waals surface area (Å²) in [7, 11) is 1.69. The number of benzene rings is 2. The number of hydrogen-bond acceptors (Lipinski definition) is 3. The fourth-order valence-corrected chi connectivity index (χ4v) is 2.53. The molecular weight excluding hydrogens is 295 g/mol. The molecule has 6 heteroatoms. The minimum Gasteiger partial charge on any atom is -0.478 e. The number of halogens is 2. The first-order valence-corrected chi connectivity index (χ1v) is 6.54. The first kappa shape index (κ1) is 15.1. The minimum absolute atomic E-state index is 0.0129. The van der Waals surface area contributed by atoms with Crippen molar-refractivity contribution in [2.24, 2.45) is 0 Å². The predicted octanol–water partition coefficient (Wildman–Crippen LogP) is 3.40. The van der Waals surface area contributed by atoms with Crippen LogP contribution >= 0.6 is 11.6 Å². The number of nitrogens with two attached hydrogens (primary N) is 1. The predicted molar refractivity (Wildman–Crippen MR) is 81.3 cm³/mol. The minimum atomic E-state index is -1.12. The molecule has 0 saturated heterocycles. The lowest BCUT2D eigenvalue weighted by Crippen LogP contribution is -2.20. The third-order valence-electron chi connectivity index (χ3n) is 3.01. The van der Waals surface area contributed by atoms with Crippen LogP contribution in [0.3, 0.4) is 0 Å². The highest BCUT2D eigenvalue weighted by molar-refractivity contribution is 6.34. The standard InChI is InChI=1S/C15H14ClFN2O2/c1-19(8-9-3-2-4-10(17)5-9)14-12(15(20)21)6-11(18)7-13(14)16/h2-7H,8,18H2,1H3,(H,20,21). The third-order valence-corrected chi connectivity index (χ3v) is 3.29. The van der Waals surface area contributed by atoms with E-state index in [1.807, 2.05) is 0 Å². The Hall–Kier alpha value is -2.27. The zero-order valence-corrected chi connectivity index (χ0v) is 12.1. The first-order chi connectivity index (χ1) is 9.88. The number of hydrogen-bond donors (Lipinski definition) is 2. The number of carbonyl (C=O) groups is 1. The molecule has 0 aliphatic heterocycles. The van der Waals surface area contributed by atoms with Crippen LogP contribution in [0.1, 0.15) is 15.9 Å². The number of carboxylic acid groups (broad SMARTS) is 1. The molecular formula is C15H14ClFN2O2. The van der Waals surface area contributed by atoms with Gasteiger partial charge in [-0.25, -0.2) is 9.18 Å². The quantitative estimate of drug-likeness (QED) is 0.850. The number of anilines is 2. The van der Waals surface area contributed by atoms with Crippen molar-refractivity contribution < 1.29 is 14.3 Å². The molecule has 21 heavy (non-hydrogen) atoms. The normalized spacial score (nSPS) is 10.4. The fraction of sp³-hybridized carbons (Fsp3) is 0.133. The molecule has 0 saturated carbocycles. The molecule has 0 spiro atoms. The smallest absolute Gasteiger partial charge is 0.337 e. The maximum atomic E-state index is 13.2. The van der Waals surface area contributed by atoms with Crippen molar-refractivity contribution >= 4 is 28.9 Å². The van der Waals surface area contributed by atoms with Gasteiger partial charge >= 0.3 is 5.97 Å². The van der Waals surface area contributed by atoms with Crippen LogP contribution in [0.4, 0.5) is 15.8 Å². The number of nitrogen functional groups attached to an aromatic ring is 1. The highest BCUT2D eigenvalue weighted by atomic mass is 35.5. The lowest BCUT2D eigenvalue weighted by atomic mass is 10.1. The van der Waals surface area contributed by atoms with E-state index < -0.39 is 5.97 Å². The van der Waals surface area contributed by atoms with Crippen LogP contribution < -0.4 is 10.6 Å². The summed E-state index contributed by atoms with van der Waals surface area (Å²) in [6.07, 6.45) is 0. The van der Waals surface area contributed by atoms with Crippen molar-refractivity contribution in [2.75, 3.05) is 17.7 Å². The van der Waals surface area contributed by atoms with E-state index in [0.29, 0.717) is 17.8 Å². The van der Waals surface area contributed by atoms with Crippen molar-refractivity contribution in [1.82, 2.24) is 0 Å². The number of carboxylic acids is 1. The highest BCUT2D eigenvalue weighted by Gasteiger charge is 2.18. The van der Waals surface area contributed by atoms with E-state index >= 15 is 0 Å². The zero-order chi connectivity index (χ0) is 15.6. The van der Waals surface area contributed by atoms with E-state index in [4.69, 9.17) is 17.3 Å². The van der Waals surface area contributed by atoms with E-state index in [9.17, 15) is 14.3 Å². The number of aromatic carboxylic acids is 1. The Kier molecular flexibility index (Phi) is 4.33. The average Bonchev–Trinajstić information content (AvgIpc) is 2.37. The summed E-state index contributed by atoms with van der Waals surface area (Å²) in [6.45, 7) is 0.321. The van der Waals surface area contributed by atoms with Gasteiger partial charge in [0, 0.05) is 19.3 Å². The summed E-state index contributed by atoms with van der Waals surface area (Å²) in [5.41, 5.74) is 6.97. The Morgan fingerprint density at radius 2 is 2.10 bits per heavy atom. The van der Waals surface area contributed by atoms with Crippen molar-refractivity contribution in [2.45, 2.75) is 6.54 Å². The van der Waals surface area contributed by atoms with Crippen LogP contribution in [0, 0.1) is 5.82 Å². The van der Waals surface area contributed by atoms with E-state index in [2.05, 4.69) is 0 Å². The SMILES string of the molecule is CN(Cc1cccc(F)c1)c1c(Cl)cc(N)cc1C(=O)O. The molecule has 0 radical (unpaired) electrons. The Balaban J connectivity index is 2.39. The van der Waals surface area contributed by atoms with Gasteiger partial charge in [-0.15, -0.1) is 0 Å². The monoisotopic (exact) mass is 308 g/mol. The van der Waals surface area contributed by atoms with Crippen LogP contribution in [0.2, 0.25) is 5.02 Å². The molecule has 110 valence electrons. The highest BCUT2D eigenvalue weighted by Crippen LogP contribution is 2.32. The fourth-order valence-electron chi connectivity index (χ4n) is 2.16. The molecule has 2 aromatic rings. The summed E-state index contributed by atoms with van der Waals surface area (Å²) in [5.74, 6) is -1.46. The Morgan fingerprint density at radius 3 is 2.71 bits per heavy atom. The first-order valence-electron chi connectivity index (χ1n) is 6.16. The second kappa shape index (κ2) is 6.01. The molecule has 0 aliphatic rings. The lowest BCUT2D eigenvalue weighted by Gasteiger charge is -2.23. The van der Waals surface area contributed by atoms with Crippen LogP contribution in [-0.4, -0.2) is 18.1 Å². The Bertz CT molecular complexity index is 691. The summed E-state index contributed by atoms with van der Waals surface area (Å²) < 4.78 is 13.2. The van der Waals surface area contributed by atoms with Gasteiger partial charge in [-0.1, -0.05) is 23.7 Å². The van der Waals surface area contributed by atoms with Gasteiger partial charge in [-0.3, -0.25) is 0 Å². The summed E-state index contributed by atoms with van der Waals surface area (Å²) in [5, 5.41) is 9.51. The van der Waals surface area contributed by atoms with Crippen molar-refractivity contribution in [1.29, 1.82) is 0 Å². The van der Waals surface area contributed by atoms with Crippen LogP contribution in [0.15, 0.2) is 36.4 Å². The summed E-state index contributed by atoms with van der Waals surface area (Å²) >= 11 is 6.11. The van der Waals surface area contributed by atoms with Gasteiger partial charge < -0.3 is 15.7 Å². The molecule has 0 bridgehead atoms. The molecule has 3 N–H and O–H groups in total. The third kappa shape index (κ3) is 3.44. The maximum absolute atomic E-state index is 13.2. The average molecular weight is 309 g/mol. The summed E-state index contributed by atoms with van der Waals surface area (Å²) in [4.78, 5) is 13.0. The molecule has 0 amide bonds. The van der Waals surface area contributed by atoms with Crippen LogP contribution in [0.25, 0.3) is 0 Å². The van der Waals surface area contributed by atoms with Crippen LogP contribution in [-0.2, 0) is 6.54 Å². The van der Waals surface area contributed by atoms with E-state index in [-0.39, 0.29) is 22.1 Å². The number of rotatable bonds is 4. The van der Waals surface area contributed by atoms with Crippen LogP contribution in [0.5, 0.6) is 0 Å².